The summed E-state index contributed by atoms with van der Waals surface area (Å²) in [5, 5.41) is 0. The third-order valence-corrected chi connectivity index (χ3v) is 2.61. The minimum Gasteiger partial charge on any atom is -0.465 e. The van der Waals surface area contributed by atoms with Crippen LogP contribution in [0.2, 0.25) is 0 Å². The van der Waals surface area contributed by atoms with Gasteiger partial charge in [-0.25, -0.2) is 4.79 Å². The van der Waals surface area contributed by atoms with Gasteiger partial charge in [-0.1, -0.05) is 18.2 Å². The minimum absolute atomic E-state index is 0.358. The van der Waals surface area contributed by atoms with Crippen molar-refractivity contribution in [3.05, 3.63) is 42.2 Å². The standard InChI is InChI=1S/C13H14N2O2/c1-15-7-10(11(8-15)13(16)17-2)9-5-3-4-6-12(9)14/h3-8H,14H2,1-2H3. The number of anilines is 1. The summed E-state index contributed by atoms with van der Waals surface area (Å²) in [4.78, 5) is 11.7. The molecule has 0 unspecified atom stereocenters. The molecule has 1 aromatic carbocycles. The number of para-hydroxylation sites is 1. The first-order valence-corrected chi connectivity index (χ1v) is 5.22. The SMILES string of the molecule is COC(=O)c1cn(C)cc1-c1ccccc1N. The summed E-state index contributed by atoms with van der Waals surface area (Å²) in [6.45, 7) is 0. The molecule has 0 bridgehead atoms. The predicted molar refractivity (Wildman–Crippen MR) is 66.6 cm³/mol. The molecule has 0 fully saturated rings. The second-order valence-electron chi connectivity index (χ2n) is 3.83. The van der Waals surface area contributed by atoms with Gasteiger partial charge in [0.25, 0.3) is 0 Å². The van der Waals surface area contributed by atoms with E-state index in [2.05, 4.69) is 0 Å². The Bertz CT molecular complexity index is 558. The lowest BCUT2D eigenvalue weighted by atomic mass is 10.0. The van der Waals surface area contributed by atoms with Gasteiger partial charge in [-0.15, -0.1) is 0 Å². The number of ether oxygens (including phenoxy) is 1. The van der Waals surface area contributed by atoms with Gasteiger partial charge in [0, 0.05) is 36.3 Å². The molecule has 0 amide bonds. The molecule has 0 aliphatic heterocycles. The highest BCUT2D eigenvalue weighted by molar-refractivity contribution is 5.98. The summed E-state index contributed by atoms with van der Waals surface area (Å²) in [5.41, 5.74) is 8.71. The van der Waals surface area contributed by atoms with Gasteiger partial charge in [-0.3, -0.25) is 0 Å². The van der Waals surface area contributed by atoms with Crippen LogP contribution in [0.25, 0.3) is 11.1 Å². The van der Waals surface area contributed by atoms with Gasteiger partial charge >= 0.3 is 5.97 Å². The van der Waals surface area contributed by atoms with Crippen LogP contribution in [0.15, 0.2) is 36.7 Å². The Morgan fingerprint density at radius 3 is 2.59 bits per heavy atom. The summed E-state index contributed by atoms with van der Waals surface area (Å²) in [6, 6.07) is 7.44. The number of nitrogens with zero attached hydrogens (tertiary/aromatic N) is 1. The molecule has 0 aliphatic rings. The topological polar surface area (TPSA) is 57.2 Å². The highest BCUT2D eigenvalue weighted by Crippen LogP contribution is 2.29. The maximum Gasteiger partial charge on any atom is 0.340 e. The summed E-state index contributed by atoms with van der Waals surface area (Å²) in [5.74, 6) is -0.358. The van der Waals surface area contributed by atoms with E-state index in [0.717, 1.165) is 11.1 Å². The molecule has 2 rings (SSSR count). The first kappa shape index (κ1) is 11.3. The van der Waals surface area contributed by atoms with Gasteiger partial charge in [0.1, 0.15) is 0 Å². The lowest BCUT2D eigenvalue weighted by Crippen LogP contribution is -2.02. The fourth-order valence-corrected chi connectivity index (χ4v) is 1.81. The molecule has 0 radical (unpaired) electrons. The molecule has 1 aromatic heterocycles. The van der Waals surface area contributed by atoms with Crippen molar-refractivity contribution in [1.29, 1.82) is 0 Å². The molecule has 0 atom stereocenters. The monoisotopic (exact) mass is 230 g/mol. The van der Waals surface area contributed by atoms with E-state index < -0.39 is 0 Å². The van der Waals surface area contributed by atoms with Crippen molar-refractivity contribution in [2.24, 2.45) is 7.05 Å². The van der Waals surface area contributed by atoms with Gasteiger partial charge in [0.2, 0.25) is 0 Å². The van der Waals surface area contributed by atoms with Crippen LogP contribution in [0.4, 0.5) is 5.69 Å². The Labute approximate surface area is 99.6 Å². The normalized spacial score (nSPS) is 10.2. The molecule has 0 saturated carbocycles. The second kappa shape index (κ2) is 4.33. The summed E-state index contributed by atoms with van der Waals surface area (Å²) < 4.78 is 6.57. The van der Waals surface area contributed by atoms with Crippen LogP contribution in [0.5, 0.6) is 0 Å². The van der Waals surface area contributed by atoms with Crippen LogP contribution >= 0.6 is 0 Å². The highest BCUT2D eigenvalue weighted by Gasteiger charge is 2.16. The zero-order valence-electron chi connectivity index (χ0n) is 9.81. The Hall–Kier alpha value is -2.23. The average molecular weight is 230 g/mol. The number of methoxy groups -OCH3 is 1. The van der Waals surface area contributed by atoms with Crippen molar-refractivity contribution in [3.63, 3.8) is 0 Å². The molecule has 0 spiro atoms. The van der Waals surface area contributed by atoms with E-state index in [1.54, 1.807) is 6.20 Å². The van der Waals surface area contributed by atoms with E-state index in [1.165, 1.54) is 7.11 Å². The van der Waals surface area contributed by atoms with E-state index in [0.29, 0.717) is 11.3 Å². The molecular formula is C13H14N2O2. The molecule has 4 heteroatoms. The number of benzene rings is 1. The first-order chi connectivity index (χ1) is 8.13. The van der Waals surface area contributed by atoms with Crippen molar-refractivity contribution in [2.45, 2.75) is 0 Å². The van der Waals surface area contributed by atoms with E-state index >= 15 is 0 Å². The predicted octanol–water partition coefficient (Wildman–Crippen LogP) is 2.06. The summed E-state index contributed by atoms with van der Waals surface area (Å²) in [6.07, 6.45) is 3.59. The number of hydrogen-bond acceptors (Lipinski definition) is 3. The maximum atomic E-state index is 11.7. The van der Waals surface area contributed by atoms with Crippen molar-refractivity contribution in [3.8, 4) is 11.1 Å². The van der Waals surface area contributed by atoms with E-state index in [1.807, 2.05) is 42.1 Å². The zero-order chi connectivity index (χ0) is 12.4. The molecule has 17 heavy (non-hydrogen) atoms. The number of nitrogen functional groups attached to an aromatic ring is 1. The van der Waals surface area contributed by atoms with Crippen LogP contribution in [0, 0.1) is 0 Å². The van der Waals surface area contributed by atoms with Crippen LogP contribution < -0.4 is 5.73 Å². The van der Waals surface area contributed by atoms with Gasteiger partial charge in [0.15, 0.2) is 0 Å². The Kier molecular flexibility index (Phi) is 2.87. The van der Waals surface area contributed by atoms with Crippen LogP contribution in [-0.2, 0) is 11.8 Å². The number of esters is 1. The molecule has 0 saturated heterocycles. The minimum atomic E-state index is -0.358. The molecular weight excluding hydrogens is 216 g/mol. The van der Waals surface area contributed by atoms with E-state index in [4.69, 9.17) is 10.5 Å². The van der Waals surface area contributed by atoms with E-state index in [-0.39, 0.29) is 5.97 Å². The van der Waals surface area contributed by atoms with Crippen LogP contribution in [-0.4, -0.2) is 17.6 Å². The Balaban J connectivity index is 2.60. The molecule has 0 aliphatic carbocycles. The molecule has 88 valence electrons. The summed E-state index contributed by atoms with van der Waals surface area (Å²) >= 11 is 0. The number of nitrogens with two attached hydrogens (primary N) is 1. The molecule has 2 N–H and O–H groups in total. The lowest BCUT2D eigenvalue weighted by Gasteiger charge is -2.05. The molecule has 2 aromatic rings. The number of rotatable bonds is 2. The fourth-order valence-electron chi connectivity index (χ4n) is 1.81. The third-order valence-electron chi connectivity index (χ3n) is 2.61. The number of hydrogen-bond donors (Lipinski definition) is 1. The molecule has 4 nitrogen and oxygen atoms in total. The number of carbonyl (C=O) groups excluding carboxylic acids is 1. The number of carbonyl (C=O) groups is 1. The van der Waals surface area contributed by atoms with Crippen molar-refractivity contribution in [2.75, 3.05) is 12.8 Å². The van der Waals surface area contributed by atoms with Gasteiger partial charge < -0.3 is 15.0 Å². The van der Waals surface area contributed by atoms with Gasteiger partial charge in [-0.05, 0) is 6.07 Å². The van der Waals surface area contributed by atoms with Gasteiger partial charge in [0.05, 0.1) is 12.7 Å². The lowest BCUT2D eigenvalue weighted by molar-refractivity contribution is 0.0601. The third kappa shape index (κ3) is 2.01. The quantitative estimate of drug-likeness (QED) is 0.634. The number of aryl methyl sites for hydroxylation is 1. The van der Waals surface area contributed by atoms with Crippen LogP contribution in [0.3, 0.4) is 0 Å². The van der Waals surface area contributed by atoms with Gasteiger partial charge in [-0.2, -0.15) is 0 Å². The summed E-state index contributed by atoms with van der Waals surface area (Å²) in [7, 11) is 3.22. The second-order valence-corrected chi connectivity index (χ2v) is 3.83. The Morgan fingerprint density at radius 2 is 1.94 bits per heavy atom. The fraction of sp³-hybridized carbons (Fsp3) is 0.154. The smallest absolute Gasteiger partial charge is 0.340 e. The largest absolute Gasteiger partial charge is 0.465 e. The Morgan fingerprint density at radius 1 is 1.24 bits per heavy atom. The highest BCUT2D eigenvalue weighted by atomic mass is 16.5. The van der Waals surface area contributed by atoms with E-state index in [9.17, 15) is 4.79 Å². The molecule has 1 heterocycles. The first-order valence-electron chi connectivity index (χ1n) is 5.22. The van der Waals surface area contributed by atoms with Crippen LogP contribution in [0.1, 0.15) is 10.4 Å². The number of aromatic nitrogens is 1. The van der Waals surface area contributed by atoms with Crippen molar-refractivity contribution in [1.82, 2.24) is 4.57 Å². The maximum absolute atomic E-state index is 11.7. The zero-order valence-corrected chi connectivity index (χ0v) is 9.81. The average Bonchev–Trinajstić information content (AvgIpc) is 2.71. The van der Waals surface area contributed by atoms with Crippen molar-refractivity contribution >= 4 is 11.7 Å². The van der Waals surface area contributed by atoms with Crippen molar-refractivity contribution < 1.29 is 9.53 Å².